The third-order valence-electron chi connectivity index (χ3n) is 5.39. The van der Waals surface area contributed by atoms with Gasteiger partial charge in [-0.1, -0.05) is 48.9 Å². The van der Waals surface area contributed by atoms with Crippen molar-refractivity contribution in [3.8, 4) is 0 Å². The van der Waals surface area contributed by atoms with Gasteiger partial charge in [0.1, 0.15) is 0 Å². The fraction of sp³-hybridized carbons (Fsp3) is 0.300. The van der Waals surface area contributed by atoms with E-state index in [-0.39, 0.29) is 16.7 Å². The molecule has 0 spiro atoms. The molecule has 2 aromatic rings. The van der Waals surface area contributed by atoms with Gasteiger partial charge in [0.2, 0.25) is 0 Å². The third kappa shape index (κ3) is 2.61. The summed E-state index contributed by atoms with van der Waals surface area (Å²) in [5, 5.41) is 15.4. The van der Waals surface area contributed by atoms with E-state index in [1.54, 1.807) is 12.1 Å². The van der Waals surface area contributed by atoms with Gasteiger partial charge in [-0.2, -0.15) is 0 Å². The summed E-state index contributed by atoms with van der Waals surface area (Å²) in [7, 11) is 0. The minimum Gasteiger partial charge on any atom is -0.377 e. The summed E-state index contributed by atoms with van der Waals surface area (Å²) in [6.45, 7) is 2.14. The molecule has 1 heterocycles. The van der Waals surface area contributed by atoms with Crippen molar-refractivity contribution >= 4 is 23.0 Å². The Morgan fingerprint density at radius 2 is 2.12 bits per heavy atom. The van der Waals surface area contributed by atoms with E-state index in [0.29, 0.717) is 16.9 Å². The number of fused-ring (bicyclic) bond motifs is 3. The minimum atomic E-state index is -0.363. The molecule has 5 heteroatoms. The van der Waals surface area contributed by atoms with Gasteiger partial charge >= 0.3 is 0 Å². The molecule has 1 aliphatic carbocycles. The molecule has 2 aliphatic rings. The lowest BCUT2D eigenvalue weighted by Gasteiger charge is -2.38. The van der Waals surface area contributed by atoms with Crippen molar-refractivity contribution in [1.29, 1.82) is 0 Å². The standard InChI is InChI=1S/C20H19ClN2O2/c1-2-12-5-3-7-15-14-6-4-8-16(14)20(22-19(12)15)17-11-13(23(24)25)9-10-18(17)21/h3-7,9-11,14,16,20,22H,2,8H2,1H3/t14-,16-,20+/m0/s1. The molecule has 128 valence electrons. The van der Waals surface area contributed by atoms with Gasteiger partial charge < -0.3 is 5.32 Å². The molecule has 25 heavy (non-hydrogen) atoms. The maximum Gasteiger partial charge on any atom is 0.269 e. The van der Waals surface area contributed by atoms with Gasteiger partial charge in [0.05, 0.1) is 11.0 Å². The molecule has 0 saturated carbocycles. The molecule has 0 unspecified atom stereocenters. The molecule has 0 amide bonds. The molecule has 1 N–H and O–H groups in total. The van der Waals surface area contributed by atoms with Gasteiger partial charge in [0.25, 0.3) is 5.69 Å². The Hall–Kier alpha value is -2.33. The second-order valence-corrected chi connectivity index (χ2v) is 7.08. The minimum absolute atomic E-state index is 0.0346. The molecule has 0 saturated heterocycles. The van der Waals surface area contributed by atoms with Crippen LogP contribution in [0.3, 0.4) is 0 Å². The largest absolute Gasteiger partial charge is 0.377 e. The van der Waals surface area contributed by atoms with Crippen molar-refractivity contribution in [3.05, 3.63) is 80.4 Å². The lowest BCUT2D eigenvalue weighted by atomic mass is 9.76. The Morgan fingerprint density at radius 1 is 1.28 bits per heavy atom. The number of halogens is 1. The molecule has 0 fully saturated rings. The van der Waals surface area contributed by atoms with Crippen molar-refractivity contribution in [1.82, 2.24) is 0 Å². The van der Waals surface area contributed by atoms with Crippen LogP contribution in [0.1, 0.15) is 42.0 Å². The Balaban J connectivity index is 1.84. The summed E-state index contributed by atoms with van der Waals surface area (Å²) in [6, 6.07) is 11.1. The highest BCUT2D eigenvalue weighted by Gasteiger charge is 2.39. The highest BCUT2D eigenvalue weighted by atomic mass is 35.5. The van der Waals surface area contributed by atoms with Crippen LogP contribution in [-0.4, -0.2) is 4.92 Å². The van der Waals surface area contributed by atoms with Crippen molar-refractivity contribution in [2.24, 2.45) is 5.92 Å². The molecule has 4 rings (SSSR count). The quantitative estimate of drug-likeness (QED) is 0.441. The van der Waals surface area contributed by atoms with E-state index in [2.05, 4.69) is 42.6 Å². The van der Waals surface area contributed by atoms with Crippen molar-refractivity contribution in [2.75, 3.05) is 5.32 Å². The lowest BCUT2D eigenvalue weighted by molar-refractivity contribution is -0.384. The van der Waals surface area contributed by atoms with Crippen LogP contribution in [0.4, 0.5) is 11.4 Å². The first-order valence-electron chi connectivity index (χ1n) is 8.59. The van der Waals surface area contributed by atoms with Crippen molar-refractivity contribution in [2.45, 2.75) is 31.7 Å². The average molecular weight is 355 g/mol. The smallest absolute Gasteiger partial charge is 0.269 e. The van der Waals surface area contributed by atoms with E-state index in [1.165, 1.54) is 17.2 Å². The third-order valence-corrected chi connectivity index (χ3v) is 5.73. The van der Waals surface area contributed by atoms with Gasteiger partial charge in [-0.3, -0.25) is 10.1 Å². The molecule has 2 aromatic carbocycles. The normalized spacial score (nSPS) is 23.7. The van der Waals surface area contributed by atoms with E-state index in [0.717, 1.165) is 24.1 Å². The number of nitrogens with zero attached hydrogens (tertiary/aromatic N) is 1. The number of nitrogens with one attached hydrogen (secondary N) is 1. The highest BCUT2D eigenvalue weighted by Crippen LogP contribution is 2.51. The zero-order chi connectivity index (χ0) is 17.6. The predicted octanol–water partition coefficient (Wildman–Crippen LogP) is 5.64. The Morgan fingerprint density at radius 3 is 2.88 bits per heavy atom. The Labute approximate surface area is 151 Å². The van der Waals surface area contributed by atoms with Gasteiger partial charge in [0, 0.05) is 34.3 Å². The van der Waals surface area contributed by atoms with E-state index in [4.69, 9.17) is 11.6 Å². The summed E-state index contributed by atoms with van der Waals surface area (Å²) in [4.78, 5) is 10.8. The van der Waals surface area contributed by atoms with Crippen LogP contribution in [0, 0.1) is 16.0 Å². The monoisotopic (exact) mass is 354 g/mol. The number of nitro groups is 1. The molecule has 0 aromatic heterocycles. The van der Waals surface area contributed by atoms with Gasteiger partial charge in [0.15, 0.2) is 0 Å². The highest BCUT2D eigenvalue weighted by molar-refractivity contribution is 6.31. The number of hydrogen-bond acceptors (Lipinski definition) is 3. The van der Waals surface area contributed by atoms with E-state index in [9.17, 15) is 10.1 Å². The van der Waals surface area contributed by atoms with Crippen molar-refractivity contribution < 1.29 is 4.92 Å². The predicted molar refractivity (Wildman–Crippen MR) is 100 cm³/mol. The maximum atomic E-state index is 11.2. The number of anilines is 1. The van der Waals surface area contributed by atoms with Gasteiger partial charge in [-0.25, -0.2) is 0 Å². The fourth-order valence-electron chi connectivity index (χ4n) is 4.17. The zero-order valence-corrected chi connectivity index (χ0v) is 14.7. The average Bonchev–Trinajstić information content (AvgIpc) is 3.11. The molecular weight excluding hydrogens is 336 g/mol. The van der Waals surface area contributed by atoms with Gasteiger partial charge in [-0.15, -0.1) is 0 Å². The molecular formula is C20H19ClN2O2. The first-order chi connectivity index (χ1) is 12.1. The second-order valence-electron chi connectivity index (χ2n) is 6.67. The molecule has 1 aliphatic heterocycles. The molecule has 0 bridgehead atoms. The lowest BCUT2D eigenvalue weighted by Crippen LogP contribution is -2.30. The first kappa shape index (κ1) is 16.2. The van der Waals surface area contributed by atoms with Crippen LogP contribution in [0.2, 0.25) is 5.02 Å². The SMILES string of the molecule is CCc1cccc2c1N[C@@H](c1cc([N+](=O)[O-])ccc1Cl)[C@H]1CC=C[C@@H]21. The van der Waals surface area contributed by atoms with Crippen LogP contribution in [0.5, 0.6) is 0 Å². The fourth-order valence-corrected chi connectivity index (χ4v) is 4.41. The number of benzene rings is 2. The first-order valence-corrected chi connectivity index (χ1v) is 8.96. The van der Waals surface area contributed by atoms with Gasteiger partial charge in [-0.05, 0) is 36.0 Å². The Kier molecular flexibility index (Phi) is 4.00. The van der Waals surface area contributed by atoms with Crippen LogP contribution in [0.15, 0.2) is 48.6 Å². The summed E-state index contributed by atoms with van der Waals surface area (Å²) in [5.41, 5.74) is 4.63. The zero-order valence-electron chi connectivity index (χ0n) is 13.9. The van der Waals surface area contributed by atoms with E-state index in [1.807, 2.05) is 0 Å². The summed E-state index contributed by atoms with van der Waals surface area (Å²) >= 11 is 6.44. The topological polar surface area (TPSA) is 55.2 Å². The van der Waals surface area contributed by atoms with Crippen LogP contribution in [0.25, 0.3) is 0 Å². The molecule has 0 radical (unpaired) electrons. The summed E-state index contributed by atoms with van der Waals surface area (Å²) < 4.78 is 0. The van der Waals surface area contributed by atoms with Crippen LogP contribution < -0.4 is 5.32 Å². The number of nitro benzene ring substituents is 1. The Bertz CT molecular complexity index is 878. The number of hydrogen-bond donors (Lipinski definition) is 1. The van der Waals surface area contributed by atoms with Crippen molar-refractivity contribution in [3.63, 3.8) is 0 Å². The molecule has 4 nitrogen and oxygen atoms in total. The number of rotatable bonds is 3. The second kappa shape index (κ2) is 6.19. The summed E-state index contributed by atoms with van der Waals surface area (Å²) in [6.07, 6.45) is 6.36. The summed E-state index contributed by atoms with van der Waals surface area (Å²) in [5.74, 6) is 0.641. The van der Waals surface area contributed by atoms with Crippen LogP contribution in [-0.2, 0) is 6.42 Å². The van der Waals surface area contributed by atoms with E-state index >= 15 is 0 Å². The number of aryl methyl sites for hydroxylation is 1. The van der Waals surface area contributed by atoms with E-state index < -0.39 is 0 Å². The number of non-ortho nitro benzene ring substituents is 1. The number of allylic oxidation sites excluding steroid dienone is 2. The maximum absolute atomic E-state index is 11.2. The van der Waals surface area contributed by atoms with Crippen LogP contribution >= 0.6 is 11.6 Å². The molecule has 3 atom stereocenters. The number of para-hydroxylation sites is 1.